The van der Waals surface area contributed by atoms with Crippen molar-refractivity contribution in [1.82, 2.24) is 19.9 Å². The highest BCUT2D eigenvalue weighted by atomic mass is 16.9. The van der Waals surface area contributed by atoms with E-state index in [0.29, 0.717) is 36.4 Å². The molecular weight excluding hydrogens is 464 g/mol. The molecule has 2 heterocycles. The molecule has 0 bridgehead atoms. The van der Waals surface area contributed by atoms with E-state index in [2.05, 4.69) is 10.3 Å². The minimum absolute atomic E-state index is 0.0396. The molecule has 3 rings (SSSR count). The zero-order valence-electron chi connectivity index (χ0n) is 21.7. The highest BCUT2D eigenvalue weighted by Gasteiger charge is 2.38. The van der Waals surface area contributed by atoms with E-state index in [1.165, 1.54) is 21.3 Å². The largest absolute Gasteiger partial charge is 0.444 e. The van der Waals surface area contributed by atoms with Crippen LogP contribution in [0.3, 0.4) is 0 Å². The average Bonchev–Trinajstić information content (AvgIpc) is 3.21. The second kappa shape index (κ2) is 11.6. The van der Waals surface area contributed by atoms with E-state index in [-0.39, 0.29) is 12.2 Å². The van der Waals surface area contributed by atoms with Crippen molar-refractivity contribution in [3.05, 3.63) is 59.7 Å². The number of benzene rings is 1. The van der Waals surface area contributed by atoms with Crippen LogP contribution in [0.25, 0.3) is 11.0 Å². The highest BCUT2D eigenvalue weighted by Crippen LogP contribution is 2.30. The van der Waals surface area contributed by atoms with Gasteiger partial charge in [-0.25, -0.2) is 9.78 Å². The number of nitrogens with one attached hydrogen (secondary N) is 1. The lowest BCUT2D eigenvalue weighted by Crippen LogP contribution is -2.37. The van der Waals surface area contributed by atoms with Gasteiger partial charge in [0, 0.05) is 58.8 Å². The van der Waals surface area contributed by atoms with Crippen molar-refractivity contribution in [2.24, 2.45) is 0 Å². The number of aryl methyl sites for hydroxylation is 1. The smallest absolute Gasteiger partial charge is 0.407 e. The molecule has 3 aromatic rings. The molecule has 194 valence electrons. The molecule has 0 saturated carbocycles. The summed E-state index contributed by atoms with van der Waals surface area (Å²) in [7, 11) is 4.39. The van der Waals surface area contributed by atoms with Gasteiger partial charge in [-0.1, -0.05) is 6.07 Å². The van der Waals surface area contributed by atoms with Crippen molar-refractivity contribution >= 4 is 22.9 Å². The number of aromatic nitrogens is 3. The number of carbonyl (C=O) groups is 2. The number of nitrogens with zero attached hydrogens (tertiary/aromatic N) is 3. The Morgan fingerprint density at radius 2 is 1.78 bits per heavy atom. The van der Waals surface area contributed by atoms with Gasteiger partial charge in [-0.05, 0) is 57.0 Å². The normalized spacial score (nSPS) is 12.1. The first-order chi connectivity index (χ1) is 17.1. The van der Waals surface area contributed by atoms with E-state index in [0.717, 1.165) is 11.1 Å². The van der Waals surface area contributed by atoms with Crippen LogP contribution in [-0.4, -0.2) is 59.9 Å². The summed E-state index contributed by atoms with van der Waals surface area (Å²) in [6.45, 7) is 6.24. The molecular formula is C26H34N4O6. The number of carbonyl (C=O) groups excluding carboxylic acids is 2. The molecule has 0 aliphatic rings. The van der Waals surface area contributed by atoms with Crippen LogP contribution < -0.4 is 5.32 Å². The van der Waals surface area contributed by atoms with E-state index in [9.17, 15) is 9.59 Å². The summed E-state index contributed by atoms with van der Waals surface area (Å²) in [6.07, 6.45) is 3.66. The molecule has 0 aliphatic heterocycles. The number of pyridine rings is 1. The molecule has 0 fully saturated rings. The fraction of sp³-hybridized carbons (Fsp3) is 0.462. The van der Waals surface area contributed by atoms with Crippen molar-refractivity contribution in [2.45, 2.75) is 51.7 Å². The van der Waals surface area contributed by atoms with Crippen molar-refractivity contribution in [2.75, 3.05) is 27.9 Å². The number of hydrogen-bond donors (Lipinski definition) is 1. The van der Waals surface area contributed by atoms with Gasteiger partial charge in [0.2, 0.25) is 5.82 Å². The standard InChI is InChI=1S/C26H34N4O6/c1-25(2,3)36-24(32)28-13-8-14-30-21-16-19(22(31)15-18-9-7-12-27-17-18)10-11-20(21)29-23(30)26(33-4,34-5)35-6/h7,9-12,16-17H,8,13-15H2,1-6H3,(H,28,32). The summed E-state index contributed by atoms with van der Waals surface area (Å²) in [5, 5.41) is 2.76. The molecule has 36 heavy (non-hydrogen) atoms. The van der Waals surface area contributed by atoms with Gasteiger partial charge in [0.1, 0.15) is 5.60 Å². The minimum Gasteiger partial charge on any atom is -0.444 e. The molecule has 2 aromatic heterocycles. The predicted octanol–water partition coefficient (Wildman–Crippen LogP) is 3.82. The molecule has 1 N–H and O–H groups in total. The van der Waals surface area contributed by atoms with Gasteiger partial charge >= 0.3 is 12.1 Å². The van der Waals surface area contributed by atoms with Gasteiger partial charge < -0.3 is 28.8 Å². The molecule has 10 heteroatoms. The van der Waals surface area contributed by atoms with E-state index in [1.54, 1.807) is 36.7 Å². The van der Waals surface area contributed by atoms with E-state index in [1.807, 2.05) is 31.4 Å². The van der Waals surface area contributed by atoms with Gasteiger partial charge in [0.15, 0.2) is 5.78 Å². The fourth-order valence-electron chi connectivity index (χ4n) is 3.81. The van der Waals surface area contributed by atoms with Crippen molar-refractivity contribution in [3.8, 4) is 0 Å². The Morgan fingerprint density at radius 3 is 2.39 bits per heavy atom. The number of rotatable bonds is 11. The predicted molar refractivity (Wildman–Crippen MR) is 134 cm³/mol. The molecule has 0 radical (unpaired) electrons. The monoisotopic (exact) mass is 498 g/mol. The number of fused-ring (bicyclic) bond motifs is 1. The molecule has 0 saturated heterocycles. The van der Waals surface area contributed by atoms with Crippen LogP contribution in [0, 0.1) is 0 Å². The first kappa shape index (κ1) is 27.3. The van der Waals surface area contributed by atoms with Crippen LogP contribution in [-0.2, 0) is 37.9 Å². The second-order valence-corrected chi connectivity index (χ2v) is 9.20. The number of ketones is 1. The Labute approximate surface area is 210 Å². The first-order valence-corrected chi connectivity index (χ1v) is 11.7. The minimum atomic E-state index is -1.54. The Kier molecular flexibility index (Phi) is 8.78. The third-order valence-corrected chi connectivity index (χ3v) is 5.46. The zero-order chi connectivity index (χ0) is 26.3. The van der Waals surface area contributed by atoms with Gasteiger partial charge in [0.25, 0.3) is 0 Å². The van der Waals surface area contributed by atoms with E-state index < -0.39 is 17.7 Å². The van der Waals surface area contributed by atoms with Crippen molar-refractivity contribution in [3.63, 3.8) is 0 Å². The number of alkyl carbamates (subject to hydrolysis) is 1. The lowest BCUT2D eigenvalue weighted by molar-refractivity contribution is -0.369. The van der Waals surface area contributed by atoms with Crippen LogP contribution in [0.15, 0.2) is 42.7 Å². The number of hydrogen-bond acceptors (Lipinski definition) is 8. The Bertz CT molecular complexity index is 1170. The molecule has 1 amide bonds. The molecule has 0 unspecified atom stereocenters. The second-order valence-electron chi connectivity index (χ2n) is 9.20. The maximum Gasteiger partial charge on any atom is 0.407 e. The van der Waals surface area contributed by atoms with E-state index in [4.69, 9.17) is 23.9 Å². The SMILES string of the molecule is COC(OC)(OC)c1nc2ccc(C(=O)Cc3cccnc3)cc2n1CCCNC(=O)OC(C)(C)C. The average molecular weight is 499 g/mol. The highest BCUT2D eigenvalue weighted by molar-refractivity contribution is 6.00. The Morgan fingerprint density at radius 1 is 1.06 bits per heavy atom. The van der Waals surface area contributed by atoms with Crippen LogP contribution in [0.1, 0.15) is 48.9 Å². The summed E-state index contributed by atoms with van der Waals surface area (Å²) < 4.78 is 23.8. The third kappa shape index (κ3) is 6.45. The molecule has 0 atom stereocenters. The zero-order valence-corrected chi connectivity index (χ0v) is 21.7. The maximum atomic E-state index is 13.0. The quantitative estimate of drug-likeness (QED) is 0.241. The lowest BCUT2D eigenvalue weighted by atomic mass is 10.0. The van der Waals surface area contributed by atoms with Gasteiger partial charge in [-0.3, -0.25) is 9.78 Å². The topological polar surface area (TPSA) is 114 Å². The van der Waals surface area contributed by atoms with Crippen molar-refractivity contribution in [1.29, 1.82) is 0 Å². The number of ether oxygens (including phenoxy) is 4. The van der Waals surface area contributed by atoms with Gasteiger partial charge in [-0.15, -0.1) is 0 Å². The number of amides is 1. The number of Topliss-reactive ketones (excluding diaryl/α,β-unsaturated/α-hetero) is 1. The Balaban J connectivity index is 1.90. The summed E-state index contributed by atoms with van der Waals surface area (Å²) in [5.41, 5.74) is 2.17. The number of imidazole rings is 1. The van der Waals surface area contributed by atoms with Crippen LogP contribution in [0.4, 0.5) is 4.79 Å². The van der Waals surface area contributed by atoms with Crippen LogP contribution in [0.5, 0.6) is 0 Å². The van der Waals surface area contributed by atoms with Crippen molar-refractivity contribution < 1.29 is 28.5 Å². The third-order valence-electron chi connectivity index (χ3n) is 5.46. The summed E-state index contributed by atoms with van der Waals surface area (Å²) in [6, 6.07) is 9.01. The number of methoxy groups -OCH3 is 3. The Hall–Kier alpha value is -3.34. The first-order valence-electron chi connectivity index (χ1n) is 11.7. The molecule has 1 aromatic carbocycles. The fourth-order valence-corrected chi connectivity index (χ4v) is 3.81. The van der Waals surface area contributed by atoms with Gasteiger partial charge in [-0.2, -0.15) is 0 Å². The summed E-state index contributed by atoms with van der Waals surface area (Å²) >= 11 is 0. The lowest BCUT2D eigenvalue weighted by Gasteiger charge is -2.28. The molecule has 10 nitrogen and oxygen atoms in total. The van der Waals surface area contributed by atoms with Gasteiger partial charge in [0.05, 0.1) is 11.0 Å². The summed E-state index contributed by atoms with van der Waals surface area (Å²) in [4.78, 5) is 33.8. The molecule has 0 aliphatic carbocycles. The molecule has 0 spiro atoms. The summed E-state index contributed by atoms with van der Waals surface area (Å²) in [5.74, 6) is -1.20. The maximum absolute atomic E-state index is 13.0. The van der Waals surface area contributed by atoms with Crippen LogP contribution >= 0.6 is 0 Å². The van der Waals surface area contributed by atoms with Crippen LogP contribution in [0.2, 0.25) is 0 Å². The van der Waals surface area contributed by atoms with E-state index >= 15 is 0 Å².